The number of aromatic nitrogens is 3. The first kappa shape index (κ1) is 12.9. The van der Waals surface area contributed by atoms with Gasteiger partial charge in [-0.05, 0) is 29.8 Å². The lowest BCUT2D eigenvalue weighted by molar-refractivity contribution is 0.102. The molecule has 2 aromatic heterocycles. The van der Waals surface area contributed by atoms with Crippen molar-refractivity contribution in [2.75, 3.05) is 5.32 Å². The van der Waals surface area contributed by atoms with Gasteiger partial charge < -0.3 is 5.32 Å². The number of hydrogen-bond donors (Lipinski definition) is 1. The standard InChI is InChI=1S/C16H12N4O/c21-16(13-4-2-6-17-8-13)20-15-5-1-3-12(7-15)14-9-18-11-19-10-14/h1-11H,(H,20,21). The molecule has 0 aliphatic heterocycles. The summed E-state index contributed by atoms with van der Waals surface area (Å²) in [5.74, 6) is -0.190. The lowest BCUT2D eigenvalue weighted by atomic mass is 10.1. The molecule has 0 spiro atoms. The molecule has 0 radical (unpaired) electrons. The minimum atomic E-state index is -0.190. The Morgan fingerprint density at radius 2 is 1.76 bits per heavy atom. The van der Waals surface area contributed by atoms with Gasteiger partial charge in [0.25, 0.3) is 5.91 Å². The number of carbonyl (C=O) groups is 1. The zero-order chi connectivity index (χ0) is 14.5. The van der Waals surface area contributed by atoms with Gasteiger partial charge in [0, 0.05) is 36.0 Å². The number of anilines is 1. The van der Waals surface area contributed by atoms with Crippen molar-refractivity contribution >= 4 is 11.6 Å². The van der Waals surface area contributed by atoms with E-state index in [2.05, 4.69) is 20.3 Å². The molecule has 1 aromatic carbocycles. The first-order valence-corrected chi connectivity index (χ1v) is 6.40. The van der Waals surface area contributed by atoms with Gasteiger partial charge in [-0.1, -0.05) is 12.1 Å². The van der Waals surface area contributed by atoms with Gasteiger partial charge in [-0.15, -0.1) is 0 Å². The average Bonchev–Trinajstić information content (AvgIpc) is 2.57. The molecule has 0 saturated carbocycles. The minimum absolute atomic E-state index is 0.190. The van der Waals surface area contributed by atoms with Crippen molar-refractivity contribution in [3.05, 3.63) is 73.1 Å². The lowest BCUT2D eigenvalue weighted by Crippen LogP contribution is -2.11. The van der Waals surface area contributed by atoms with E-state index in [1.54, 1.807) is 30.7 Å². The Labute approximate surface area is 121 Å². The van der Waals surface area contributed by atoms with Crippen molar-refractivity contribution in [3.63, 3.8) is 0 Å². The molecular formula is C16H12N4O. The molecule has 5 nitrogen and oxygen atoms in total. The molecule has 2 heterocycles. The minimum Gasteiger partial charge on any atom is -0.322 e. The van der Waals surface area contributed by atoms with E-state index in [1.165, 1.54) is 12.5 Å². The van der Waals surface area contributed by atoms with Crippen LogP contribution in [0.4, 0.5) is 5.69 Å². The third-order valence-electron chi connectivity index (χ3n) is 2.94. The maximum absolute atomic E-state index is 12.1. The van der Waals surface area contributed by atoms with Crippen molar-refractivity contribution in [3.8, 4) is 11.1 Å². The van der Waals surface area contributed by atoms with Crippen LogP contribution in [0.3, 0.4) is 0 Å². The van der Waals surface area contributed by atoms with E-state index in [-0.39, 0.29) is 5.91 Å². The van der Waals surface area contributed by atoms with Crippen LogP contribution in [0.1, 0.15) is 10.4 Å². The molecule has 3 rings (SSSR count). The third-order valence-corrected chi connectivity index (χ3v) is 2.94. The molecule has 102 valence electrons. The van der Waals surface area contributed by atoms with Crippen molar-refractivity contribution < 1.29 is 4.79 Å². The second-order valence-corrected chi connectivity index (χ2v) is 4.40. The Morgan fingerprint density at radius 3 is 2.52 bits per heavy atom. The number of amides is 1. The Bertz CT molecular complexity index is 744. The zero-order valence-electron chi connectivity index (χ0n) is 11.1. The fourth-order valence-corrected chi connectivity index (χ4v) is 1.93. The molecule has 0 saturated heterocycles. The highest BCUT2D eigenvalue weighted by atomic mass is 16.1. The molecule has 5 heteroatoms. The molecule has 1 N–H and O–H groups in total. The summed E-state index contributed by atoms with van der Waals surface area (Å²) in [5.41, 5.74) is 3.07. The number of carbonyl (C=O) groups excluding carboxylic acids is 1. The third kappa shape index (κ3) is 3.09. The van der Waals surface area contributed by atoms with Gasteiger partial charge in [0.15, 0.2) is 0 Å². The Balaban J connectivity index is 1.83. The second kappa shape index (κ2) is 5.92. The van der Waals surface area contributed by atoms with Crippen LogP contribution in [-0.4, -0.2) is 20.9 Å². The molecule has 0 atom stereocenters. The molecule has 1 amide bonds. The normalized spacial score (nSPS) is 10.1. The van der Waals surface area contributed by atoms with Gasteiger partial charge in [-0.3, -0.25) is 9.78 Å². The van der Waals surface area contributed by atoms with Crippen LogP contribution in [0.2, 0.25) is 0 Å². The first-order valence-electron chi connectivity index (χ1n) is 6.40. The van der Waals surface area contributed by atoms with Crippen LogP contribution in [0.25, 0.3) is 11.1 Å². The summed E-state index contributed by atoms with van der Waals surface area (Å²) in [6, 6.07) is 11.0. The number of pyridine rings is 1. The Kier molecular flexibility index (Phi) is 3.64. The van der Waals surface area contributed by atoms with E-state index in [1.807, 2.05) is 24.3 Å². The van der Waals surface area contributed by atoms with Crippen LogP contribution in [0.15, 0.2) is 67.5 Å². The van der Waals surface area contributed by atoms with E-state index in [9.17, 15) is 4.79 Å². The van der Waals surface area contributed by atoms with Gasteiger partial charge in [0.1, 0.15) is 6.33 Å². The monoisotopic (exact) mass is 276 g/mol. The van der Waals surface area contributed by atoms with Crippen LogP contribution in [0.5, 0.6) is 0 Å². The SMILES string of the molecule is O=C(Nc1cccc(-c2cncnc2)c1)c1cccnc1. The fourth-order valence-electron chi connectivity index (χ4n) is 1.93. The molecule has 3 aromatic rings. The summed E-state index contributed by atoms with van der Waals surface area (Å²) in [6.45, 7) is 0. The first-order chi connectivity index (χ1) is 10.3. The topological polar surface area (TPSA) is 67.8 Å². The van der Waals surface area contributed by atoms with Crippen molar-refractivity contribution in [1.82, 2.24) is 15.0 Å². The quantitative estimate of drug-likeness (QED) is 0.798. The number of nitrogens with one attached hydrogen (secondary N) is 1. The van der Waals surface area contributed by atoms with Gasteiger partial charge in [0.2, 0.25) is 0 Å². The summed E-state index contributed by atoms with van der Waals surface area (Å²) in [5, 5.41) is 2.85. The summed E-state index contributed by atoms with van der Waals surface area (Å²) in [4.78, 5) is 24.0. The van der Waals surface area contributed by atoms with Gasteiger partial charge in [-0.25, -0.2) is 9.97 Å². The highest BCUT2D eigenvalue weighted by Crippen LogP contribution is 2.21. The molecule has 0 bridgehead atoms. The van der Waals surface area contributed by atoms with Gasteiger partial charge in [0.05, 0.1) is 5.56 Å². The number of rotatable bonds is 3. The maximum atomic E-state index is 12.1. The smallest absolute Gasteiger partial charge is 0.257 e. The van der Waals surface area contributed by atoms with E-state index >= 15 is 0 Å². The summed E-state index contributed by atoms with van der Waals surface area (Å²) < 4.78 is 0. The van der Waals surface area contributed by atoms with Crippen LogP contribution in [0, 0.1) is 0 Å². The summed E-state index contributed by atoms with van der Waals surface area (Å²) in [7, 11) is 0. The molecule has 21 heavy (non-hydrogen) atoms. The Morgan fingerprint density at radius 1 is 0.905 bits per heavy atom. The number of hydrogen-bond acceptors (Lipinski definition) is 4. The van der Waals surface area contributed by atoms with Crippen molar-refractivity contribution in [2.24, 2.45) is 0 Å². The predicted molar refractivity (Wildman–Crippen MR) is 79.7 cm³/mol. The highest BCUT2D eigenvalue weighted by Gasteiger charge is 2.06. The predicted octanol–water partition coefficient (Wildman–Crippen LogP) is 2.79. The largest absolute Gasteiger partial charge is 0.322 e. The Hall–Kier alpha value is -3.08. The molecule has 0 aliphatic rings. The molecule has 0 fully saturated rings. The number of nitrogens with zero attached hydrogens (tertiary/aromatic N) is 3. The van der Waals surface area contributed by atoms with Crippen molar-refractivity contribution in [1.29, 1.82) is 0 Å². The van der Waals surface area contributed by atoms with Gasteiger partial charge in [-0.2, -0.15) is 0 Å². The molecule has 0 aliphatic carbocycles. The number of benzene rings is 1. The van der Waals surface area contributed by atoms with E-state index in [0.29, 0.717) is 11.3 Å². The van der Waals surface area contributed by atoms with Crippen LogP contribution in [-0.2, 0) is 0 Å². The van der Waals surface area contributed by atoms with E-state index < -0.39 is 0 Å². The molecular weight excluding hydrogens is 264 g/mol. The second-order valence-electron chi connectivity index (χ2n) is 4.40. The van der Waals surface area contributed by atoms with Crippen molar-refractivity contribution in [2.45, 2.75) is 0 Å². The zero-order valence-corrected chi connectivity index (χ0v) is 11.1. The lowest BCUT2D eigenvalue weighted by Gasteiger charge is -2.07. The fraction of sp³-hybridized carbons (Fsp3) is 0. The molecule has 0 unspecified atom stereocenters. The summed E-state index contributed by atoms with van der Waals surface area (Å²) >= 11 is 0. The van der Waals surface area contributed by atoms with Gasteiger partial charge >= 0.3 is 0 Å². The van der Waals surface area contributed by atoms with Crippen LogP contribution < -0.4 is 5.32 Å². The highest BCUT2D eigenvalue weighted by molar-refractivity contribution is 6.04. The average molecular weight is 276 g/mol. The van der Waals surface area contributed by atoms with E-state index in [4.69, 9.17) is 0 Å². The van der Waals surface area contributed by atoms with Crippen LogP contribution >= 0.6 is 0 Å². The maximum Gasteiger partial charge on any atom is 0.257 e. The van der Waals surface area contributed by atoms with E-state index in [0.717, 1.165) is 11.1 Å². The summed E-state index contributed by atoms with van der Waals surface area (Å²) in [6.07, 6.45) is 8.11.